The molecule has 1 aromatic carbocycles. The fourth-order valence-corrected chi connectivity index (χ4v) is 2.95. The molecule has 1 heterocycles. The molecular weight excluding hydrogens is 376 g/mol. The van der Waals surface area contributed by atoms with E-state index in [1.807, 2.05) is 24.3 Å². The van der Waals surface area contributed by atoms with Crippen LogP contribution in [0.3, 0.4) is 0 Å². The fraction of sp³-hybridized carbons (Fsp3) is 0.154. The minimum absolute atomic E-state index is 0.228. The molecule has 2 nitrogen and oxygen atoms in total. The molecule has 0 saturated heterocycles. The molecule has 2 N–H and O–H groups in total. The summed E-state index contributed by atoms with van der Waals surface area (Å²) in [6.07, 6.45) is 1.80. The van der Waals surface area contributed by atoms with Gasteiger partial charge in [-0.15, -0.1) is 0 Å². The molecule has 0 aliphatic rings. The lowest BCUT2D eigenvalue weighted by Crippen LogP contribution is -2.09. The van der Waals surface area contributed by atoms with Crippen LogP contribution in [-0.4, -0.2) is 11.5 Å². The van der Waals surface area contributed by atoms with Gasteiger partial charge in [0.1, 0.15) is 0 Å². The number of rotatable bonds is 4. The van der Waals surface area contributed by atoms with Crippen molar-refractivity contribution in [2.24, 2.45) is 5.73 Å². The van der Waals surface area contributed by atoms with Crippen LogP contribution in [0.4, 0.5) is 0 Å². The van der Waals surface area contributed by atoms with Crippen molar-refractivity contribution in [2.75, 3.05) is 6.54 Å². The number of nitrogens with zero attached hydrogens (tertiary/aromatic N) is 1. The van der Waals surface area contributed by atoms with E-state index in [1.54, 1.807) is 18.0 Å². The molecule has 0 radical (unpaired) electrons. The molecule has 0 saturated carbocycles. The molecule has 5 heteroatoms. The van der Waals surface area contributed by atoms with Crippen molar-refractivity contribution >= 4 is 43.6 Å². The summed E-state index contributed by atoms with van der Waals surface area (Å²) in [5.74, 6) is 0. The van der Waals surface area contributed by atoms with E-state index in [1.165, 1.54) is 5.56 Å². The molecule has 1 unspecified atom stereocenters. The Bertz CT molecular complexity index is 499. The number of hydrogen-bond acceptors (Lipinski definition) is 3. The standard InChI is InChI=1S/C13H12Br2N2S/c14-10-3-1-9(2-4-10)12(7-16)18-13-6-5-11(15)8-17-13/h1-6,8,12H,7,16H2. The zero-order valence-electron chi connectivity index (χ0n) is 9.51. The highest BCUT2D eigenvalue weighted by molar-refractivity contribution is 9.10. The van der Waals surface area contributed by atoms with E-state index in [4.69, 9.17) is 5.73 Å². The third kappa shape index (κ3) is 3.82. The lowest BCUT2D eigenvalue weighted by molar-refractivity contribution is 0.934. The lowest BCUT2D eigenvalue weighted by Gasteiger charge is -2.14. The normalized spacial score (nSPS) is 12.4. The minimum Gasteiger partial charge on any atom is -0.329 e. The molecule has 2 aromatic rings. The van der Waals surface area contributed by atoms with Crippen LogP contribution in [-0.2, 0) is 0 Å². The largest absolute Gasteiger partial charge is 0.329 e. The molecular formula is C13H12Br2N2S. The van der Waals surface area contributed by atoms with Gasteiger partial charge in [-0.2, -0.15) is 0 Å². The second kappa shape index (κ2) is 6.70. The first-order valence-electron chi connectivity index (χ1n) is 5.43. The van der Waals surface area contributed by atoms with E-state index in [0.717, 1.165) is 14.0 Å². The second-order valence-electron chi connectivity index (χ2n) is 3.71. The third-order valence-corrected chi connectivity index (χ3v) is 4.65. The molecule has 18 heavy (non-hydrogen) atoms. The number of halogens is 2. The fourth-order valence-electron chi connectivity index (χ4n) is 1.51. The van der Waals surface area contributed by atoms with Gasteiger partial charge in [-0.25, -0.2) is 4.98 Å². The molecule has 94 valence electrons. The topological polar surface area (TPSA) is 38.9 Å². The van der Waals surface area contributed by atoms with Gasteiger partial charge in [0.05, 0.1) is 5.03 Å². The molecule has 1 aromatic heterocycles. The van der Waals surface area contributed by atoms with Gasteiger partial charge in [-0.3, -0.25) is 0 Å². The van der Waals surface area contributed by atoms with Gasteiger partial charge < -0.3 is 5.73 Å². The van der Waals surface area contributed by atoms with Gasteiger partial charge in [0.2, 0.25) is 0 Å². The summed E-state index contributed by atoms with van der Waals surface area (Å²) in [6, 6.07) is 12.2. The van der Waals surface area contributed by atoms with Crippen molar-refractivity contribution in [3.05, 3.63) is 57.1 Å². The van der Waals surface area contributed by atoms with Crippen molar-refractivity contribution in [3.63, 3.8) is 0 Å². The quantitative estimate of drug-likeness (QED) is 0.790. The zero-order valence-corrected chi connectivity index (χ0v) is 13.5. The van der Waals surface area contributed by atoms with Crippen molar-refractivity contribution in [2.45, 2.75) is 10.3 Å². The van der Waals surface area contributed by atoms with E-state index < -0.39 is 0 Å². The van der Waals surface area contributed by atoms with E-state index in [2.05, 4.69) is 49.0 Å². The predicted octanol–water partition coefficient (Wildman–Crippen LogP) is 4.40. The first-order chi connectivity index (χ1) is 8.69. The number of hydrogen-bond donors (Lipinski definition) is 1. The summed E-state index contributed by atoms with van der Waals surface area (Å²) in [5.41, 5.74) is 7.07. The highest BCUT2D eigenvalue weighted by Crippen LogP contribution is 2.33. The monoisotopic (exact) mass is 386 g/mol. The number of pyridine rings is 1. The number of thioether (sulfide) groups is 1. The predicted molar refractivity (Wildman–Crippen MR) is 83.7 cm³/mol. The molecule has 0 spiro atoms. The average Bonchev–Trinajstić information content (AvgIpc) is 2.39. The van der Waals surface area contributed by atoms with Gasteiger partial charge >= 0.3 is 0 Å². The Morgan fingerprint density at radius 1 is 1.06 bits per heavy atom. The number of nitrogens with two attached hydrogens (primary N) is 1. The van der Waals surface area contributed by atoms with Crippen LogP contribution < -0.4 is 5.73 Å². The van der Waals surface area contributed by atoms with Crippen LogP contribution >= 0.6 is 43.6 Å². The average molecular weight is 388 g/mol. The van der Waals surface area contributed by atoms with Crippen LogP contribution in [0, 0.1) is 0 Å². The van der Waals surface area contributed by atoms with Crippen molar-refractivity contribution in [1.29, 1.82) is 0 Å². The first-order valence-corrected chi connectivity index (χ1v) is 7.89. The number of aromatic nitrogens is 1. The van der Waals surface area contributed by atoms with Gasteiger partial charge in [0, 0.05) is 26.9 Å². The van der Waals surface area contributed by atoms with E-state index in [-0.39, 0.29) is 5.25 Å². The Morgan fingerprint density at radius 3 is 2.28 bits per heavy atom. The zero-order chi connectivity index (χ0) is 13.0. The SMILES string of the molecule is NCC(Sc1ccc(Br)cn1)c1ccc(Br)cc1. The highest BCUT2D eigenvalue weighted by atomic mass is 79.9. The highest BCUT2D eigenvalue weighted by Gasteiger charge is 2.12. The molecule has 0 bridgehead atoms. The molecule has 0 aliphatic heterocycles. The van der Waals surface area contributed by atoms with Crippen molar-refractivity contribution in [3.8, 4) is 0 Å². The molecule has 1 atom stereocenters. The summed E-state index contributed by atoms with van der Waals surface area (Å²) >= 11 is 8.50. The van der Waals surface area contributed by atoms with E-state index in [0.29, 0.717) is 6.54 Å². The Kier molecular flexibility index (Phi) is 5.24. The van der Waals surface area contributed by atoms with Gasteiger partial charge in [-0.1, -0.05) is 39.8 Å². The molecule has 2 rings (SSSR count). The third-order valence-electron chi connectivity index (χ3n) is 2.42. The van der Waals surface area contributed by atoms with Crippen LogP contribution in [0.5, 0.6) is 0 Å². The first kappa shape index (κ1) is 14.1. The van der Waals surface area contributed by atoms with Crippen LogP contribution in [0.1, 0.15) is 10.8 Å². The second-order valence-corrected chi connectivity index (χ2v) is 6.76. The summed E-state index contributed by atoms with van der Waals surface area (Å²) in [5, 5.41) is 1.21. The number of benzene rings is 1. The van der Waals surface area contributed by atoms with Crippen molar-refractivity contribution < 1.29 is 0 Å². The Balaban J connectivity index is 2.14. The molecule has 0 aliphatic carbocycles. The maximum absolute atomic E-state index is 5.85. The summed E-state index contributed by atoms with van der Waals surface area (Å²) in [4.78, 5) is 4.36. The van der Waals surface area contributed by atoms with E-state index in [9.17, 15) is 0 Å². The van der Waals surface area contributed by atoms with Gasteiger partial charge in [0.25, 0.3) is 0 Å². The van der Waals surface area contributed by atoms with Gasteiger partial charge in [-0.05, 0) is 45.8 Å². The Morgan fingerprint density at radius 2 is 1.72 bits per heavy atom. The molecule has 0 fully saturated rings. The lowest BCUT2D eigenvalue weighted by atomic mass is 10.1. The van der Waals surface area contributed by atoms with Crippen LogP contribution in [0.25, 0.3) is 0 Å². The van der Waals surface area contributed by atoms with Crippen molar-refractivity contribution in [1.82, 2.24) is 4.98 Å². The van der Waals surface area contributed by atoms with Gasteiger partial charge in [0.15, 0.2) is 0 Å². The maximum atomic E-state index is 5.85. The Hall–Kier alpha value is -0.360. The Labute approximate surface area is 128 Å². The molecule has 0 amide bonds. The summed E-state index contributed by atoms with van der Waals surface area (Å²) in [7, 11) is 0. The summed E-state index contributed by atoms with van der Waals surface area (Å²) in [6.45, 7) is 0.587. The van der Waals surface area contributed by atoms with E-state index >= 15 is 0 Å². The maximum Gasteiger partial charge on any atom is 0.0967 e. The smallest absolute Gasteiger partial charge is 0.0967 e. The minimum atomic E-state index is 0.228. The van der Waals surface area contributed by atoms with Crippen LogP contribution in [0.2, 0.25) is 0 Å². The van der Waals surface area contributed by atoms with Crippen LogP contribution in [0.15, 0.2) is 56.6 Å². The summed E-state index contributed by atoms with van der Waals surface area (Å²) < 4.78 is 2.06.